The van der Waals surface area contributed by atoms with E-state index in [2.05, 4.69) is 5.48 Å². The molecule has 0 bridgehead atoms. The van der Waals surface area contributed by atoms with E-state index in [0.717, 1.165) is 29.4 Å². The molecule has 0 spiro atoms. The first-order chi connectivity index (χ1) is 11.6. The second-order valence-electron chi connectivity index (χ2n) is 5.79. The summed E-state index contributed by atoms with van der Waals surface area (Å²) in [5.74, 6) is -0.238. The summed E-state index contributed by atoms with van der Waals surface area (Å²) >= 11 is 6.23. The predicted octanol–water partition coefficient (Wildman–Crippen LogP) is 3.49. The first-order valence-corrected chi connectivity index (χ1v) is 8.16. The molecule has 24 heavy (non-hydrogen) atoms. The molecule has 1 aliphatic rings. The molecule has 3 N–H and O–H groups in total. The molecular formula is C18H18ClFN2O2. The first-order valence-electron chi connectivity index (χ1n) is 7.78. The Morgan fingerprint density at radius 2 is 2.25 bits per heavy atom. The van der Waals surface area contributed by atoms with Crippen molar-refractivity contribution in [3.8, 4) is 5.75 Å². The highest BCUT2D eigenvalue weighted by atomic mass is 35.5. The summed E-state index contributed by atoms with van der Waals surface area (Å²) in [6.07, 6.45) is 1.71. The lowest BCUT2D eigenvalue weighted by Crippen LogP contribution is -2.18. The van der Waals surface area contributed by atoms with Crippen LogP contribution in [0.1, 0.15) is 41.5 Å². The molecule has 0 saturated heterocycles. The summed E-state index contributed by atoms with van der Waals surface area (Å²) in [4.78, 5) is 16.1. The molecule has 1 unspecified atom stereocenters. The molecule has 4 nitrogen and oxygen atoms in total. The molecule has 2 aromatic carbocycles. The van der Waals surface area contributed by atoms with Crippen molar-refractivity contribution < 1.29 is 14.0 Å². The van der Waals surface area contributed by atoms with E-state index in [9.17, 15) is 9.18 Å². The highest BCUT2D eigenvalue weighted by molar-refractivity contribution is 6.31. The number of halogens is 2. The van der Waals surface area contributed by atoms with E-state index in [-0.39, 0.29) is 18.1 Å². The Kier molecular flexibility index (Phi) is 5.14. The van der Waals surface area contributed by atoms with Crippen molar-refractivity contribution in [2.75, 3.05) is 6.54 Å². The highest BCUT2D eigenvalue weighted by Crippen LogP contribution is 2.38. The predicted molar refractivity (Wildman–Crippen MR) is 90.6 cm³/mol. The number of aldehydes is 1. The van der Waals surface area contributed by atoms with Crippen LogP contribution in [0.5, 0.6) is 5.75 Å². The standard InChI is InChI=1S/C18H18ClFN2O2/c19-15-5-4-11(10-14(15)17(21)7-9-23)12-6-8-22-24-18-13(12)2-1-3-16(18)20/h1-5,9-10,12,17,22H,6-8,21H2/t12?,17-/m0/s1. The average Bonchev–Trinajstić information content (AvgIpc) is 2.79. The zero-order chi connectivity index (χ0) is 17.1. The second-order valence-corrected chi connectivity index (χ2v) is 6.19. The van der Waals surface area contributed by atoms with Crippen molar-refractivity contribution >= 4 is 17.9 Å². The molecule has 0 aliphatic carbocycles. The zero-order valence-electron chi connectivity index (χ0n) is 13.0. The number of carbonyl (C=O) groups excluding carboxylic acids is 1. The summed E-state index contributed by atoms with van der Waals surface area (Å²) in [6, 6.07) is 10.0. The van der Waals surface area contributed by atoms with Crippen LogP contribution in [0.15, 0.2) is 36.4 Å². The fourth-order valence-electron chi connectivity index (χ4n) is 3.03. The van der Waals surface area contributed by atoms with E-state index in [1.165, 1.54) is 6.07 Å². The smallest absolute Gasteiger partial charge is 0.186 e. The van der Waals surface area contributed by atoms with Crippen LogP contribution in [0, 0.1) is 5.82 Å². The summed E-state index contributed by atoms with van der Waals surface area (Å²) in [5.41, 5.74) is 11.3. The average molecular weight is 349 g/mol. The third kappa shape index (κ3) is 3.29. The van der Waals surface area contributed by atoms with E-state index in [4.69, 9.17) is 22.2 Å². The summed E-state index contributed by atoms with van der Waals surface area (Å²) in [5, 5.41) is 0.524. The maximum absolute atomic E-state index is 14.1. The van der Waals surface area contributed by atoms with Gasteiger partial charge < -0.3 is 15.4 Å². The van der Waals surface area contributed by atoms with E-state index < -0.39 is 11.9 Å². The van der Waals surface area contributed by atoms with Crippen molar-refractivity contribution in [2.24, 2.45) is 5.73 Å². The Morgan fingerprint density at radius 1 is 1.42 bits per heavy atom. The van der Waals surface area contributed by atoms with Gasteiger partial charge in [-0.05, 0) is 29.7 Å². The van der Waals surface area contributed by atoms with Crippen LogP contribution in [0.25, 0.3) is 0 Å². The van der Waals surface area contributed by atoms with Gasteiger partial charge in [-0.3, -0.25) is 0 Å². The topological polar surface area (TPSA) is 64.4 Å². The van der Waals surface area contributed by atoms with Crippen LogP contribution in [0.3, 0.4) is 0 Å². The molecule has 2 aromatic rings. The third-order valence-corrected chi connectivity index (χ3v) is 4.60. The molecule has 0 saturated carbocycles. The molecule has 0 aromatic heterocycles. The van der Waals surface area contributed by atoms with Gasteiger partial charge in [0.05, 0.1) is 0 Å². The van der Waals surface area contributed by atoms with Crippen LogP contribution in [0.4, 0.5) is 4.39 Å². The summed E-state index contributed by atoms with van der Waals surface area (Å²) in [6.45, 7) is 0.580. The minimum atomic E-state index is -0.456. The quantitative estimate of drug-likeness (QED) is 0.830. The fourth-order valence-corrected chi connectivity index (χ4v) is 3.29. The molecule has 126 valence electrons. The number of para-hydroxylation sites is 1. The number of hydroxylamine groups is 1. The van der Waals surface area contributed by atoms with Crippen molar-refractivity contribution in [2.45, 2.75) is 24.8 Å². The van der Waals surface area contributed by atoms with Gasteiger partial charge in [-0.25, -0.2) is 4.39 Å². The van der Waals surface area contributed by atoms with Gasteiger partial charge in [-0.15, -0.1) is 0 Å². The fraction of sp³-hybridized carbons (Fsp3) is 0.278. The zero-order valence-corrected chi connectivity index (χ0v) is 13.7. The number of nitrogens with one attached hydrogen (secondary N) is 1. The number of benzene rings is 2. The Morgan fingerprint density at radius 3 is 3.04 bits per heavy atom. The normalized spacial score (nSPS) is 18.2. The van der Waals surface area contributed by atoms with Crippen LogP contribution in [-0.2, 0) is 4.79 Å². The number of hydrogen-bond acceptors (Lipinski definition) is 4. The Bertz CT molecular complexity index is 754. The van der Waals surface area contributed by atoms with Crippen molar-refractivity contribution in [3.05, 3.63) is 63.9 Å². The van der Waals surface area contributed by atoms with E-state index in [1.54, 1.807) is 12.1 Å². The minimum Gasteiger partial charge on any atom is -0.405 e. The molecule has 0 fully saturated rings. The highest BCUT2D eigenvalue weighted by Gasteiger charge is 2.25. The Labute approximate surface area is 144 Å². The van der Waals surface area contributed by atoms with Crippen LogP contribution >= 0.6 is 11.6 Å². The van der Waals surface area contributed by atoms with Crippen molar-refractivity contribution in [3.63, 3.8) is 0 Å². The van der Waals surface area contributed by atoms with Gasteiger partial charge in [0.25, 0.3) is 0 Å². The lowest BCUT2D eigenvalue weighted by atomic mass is 9.86. The minimum absolute atomic E-state index is 0.0508. The Hall–Kier alpha value is -1.95. The van der Waals surface area contributed by atoms with Crippen LogP contribution in [-0.4, -0.2) is 12.8 Å². The van der Waals surface area contributed by atoms with E-state index >= 15 is 0 Å². The SMILES string of the molecule is N[C@@H](CC=O)c1cc(C2CCNOc3c(F)cccc32)ccc1Cl. The maximum atomic E-state index is 14.1. The Balaban J connectivity index is 2.05. The number of carbonyl (C=O) groups is 1. The van der Waals surface area contributed by atoms with Gasteiger partial charge in [0.1, 0.15) is 6.29 Å². The first kappa shape index (κ1) is 16.9. The summed E-state index contributed by atoms with van der Waals surface area (Å²) < 4.78 is 14.1. The number of nitrogens with two attached hydrogens (primary N) is 1. The van der Waals surface area contributed by atoms with E-state index in [1.807, 2.05) is 18.2 Å². The van der Waals surface area contributed by atoms with Gasteiger partial charge in [0, 0.05) is 35.5 Å². The maximum Gasteiger partial charge on any atom is 0.186 e. The van der Waals surface area contributed by atoms with Crippen molar-refractivity contribution in [1.29, 1.82) is 0 Å². The van der Waals surface area contributed by atoms with Gasteiger partial charge in [-0.2, -0.15) is 5.48 Å². The molecule has 3 rings (SSSR count). The molecule has 0 amide bonds. The van der Waals surface area contributed by atoms with Gasteiger partial charge in [-0.1, -0.05) is 35.9 Å². The van der Waals surface area contributed by atoms with E-state index in [0.29, 0.717) is 11.6 Å². The number of fused-ring (bicyclic) bond motifs is 1. The molecular weight excluding hydrogens is 331 g/mol. The third-order valence-electron chi connectivity index (χ3n) is 4.25. The molecule has 6 heteroatoms. The molecule has 0 radical (unpaired) electrons. The number of rotatable bonds is 4. The lowest BCUT2D eigenvalue weighted by Gasteiger charge is -2.19. The lowest BCUT2D eigenvalue weighted by molar-refractivity contribution is -0.108. The largest absolute Gasteiger partial charge is 0.405 e. The number of hydrogen-bond donors (Lipinski definition) is 2. The van der Waals surface area contributed by atoms with Gasteiger partial charge >= 0.3 is 0 Å². The van der Waals surface area contributed by atoms with Gasteiger partial charge in [0.15, 0.2) is 11.6 Å². The molecule has 2 atom stereocenters. The van der Waals surface area contributed by atoms with Crippen LogP contribution < -0.4 is 16.1 Å². The van der Waals surface area contributed by atoms with Crippen LogP contribution in [0.2, 0.25) is 5.02 Å². The van der Waals surface area contributed by atoms with Gasteiger partial charge in [0.2, 0.25) is 0 Å². The second kappa shape index (κ2) is 7.30. The van der Waals surface area contributed by atoms with Crippen molar-refractivity contribution in [1.82, 2.24) is 5.48 Å². The molecule has 1 aliphatic heterocycles. The molecule has 1 heterocycles. The summed E-state index contributed by atoms with van der Waals surface area (Å²) in [7, 11) is 0. The monoisotopic (exact) mass is 348 g/mol.